The van der Waals surface area contributed by atoms with Crippen molar-refractivity contribution in [3.05, 3.63) is 71.9 Å². The minimum absolute atomic E-state index is 0.133. The molecule has 1 aromatic heterocycles. The van der Waals surface area contributed by atoms with Crippen LogP contribution in [0.1, 0.15) is 38.8 Å². The molecule has 0 aliphatic rings. The van der Waals surface area contributed by atoms with Gasteiger partial charge in [-0.3, -0.25) is 9.78 Å². The molecule has 0 saturated carbocycles. The average molecular weight is 420 g/mol. The second-order valence-electron chi connectivity index (χ2n) is 8.37. The molecular weight excluding hydrogens is 390 g/mol. The van der Waals surface area contributed by atoms with E-state index in [2.05, 4.69) is 10.3 Å². The minimum Gasteiger partial charge on any atom is -0.444 e. The summed E-state index contributed by atoms with van der Waals surface area (Å²) in [5.74, 6) is -0.133. The normalized spacial score (nSPS) is 11.2. The van der Waals surface area contributed by atoms with Gasteiger partial charge in [-0.25, -0.2) is 4.79 Å². The topological polar surface area (TPSA) is 71.5 Å². The number of anilines is 1. The average Bonchev–Trinajstić information content (AvgIpc) is 2.72. The second-order valence-corrected chi connectivity index (χ2v) is 8.37. The number of carbonyl (C=O) groups is 2. The summed E-state index contributed by atoms with van der Waals surface area (Å²) < 4.78 is 5.50. The van der Waals surface area contributed by atoms with Crippen molar-refractivity contribution < 1.29 is 14.3 Å². The van der Waals surface area contributed by atoms with Gasteiger partial charge >= 0.3 is 6.09 Å². The third-order valence-electron chi connectivity index (χ3n) is 4.75. The third-order valence-corrected chi connectivity index (χ3v) is 4.75. The van der Waals surface area contributed by atoms with Crippen LogP contribution in [0.25, 0.3) is 10.9 Å². The van der Waals surface area contributed by atoms with E-state index in [1.807, 2.05) is 82.3 Å². The number of rotatable bonds is 6. The van der Waals surface area contributed by atoms with Crippen molar-refractivity contribution in [1.29, 1.82) is 0 Å². The van der Waals surface area contributed by atoms with Crippen LogP contribution in [-0.4, -0.2) is 34.0 Å². The Morgan fingerprint density at radius 1 is 1.00 bits per heavy atom. The summed E-state index contributed by atoms with van der Waals surface area (Å²) in [6.07, 6.45) is 1.57. The fraction of sp³-hybridized carbons (Fsp3) is 0.320. The van der Waals surface area contributed by atoms with Gasteiger partial charge in [0.25, 0.3) is 0 Å². The third kappa shape index (κ3) is 6.04. The van der Waals surface area contributed by atoms with Crippen LogP contribution in [0, 0.1) is 0 Å². The first kappa shape index (κ1) is 22.3. The fourth-order valence-electron chi connectivity index (χ4n) is 3.30. The van der Waals surface area contributed by atoms with Crippen molar-refractivity contribution >= 4 is 28.6 Å². The monoisotopic (exact) mass is 419 g/mol. The lowest BCUT2D eigenvalue weighted by Gasteiger charge is -2.27. The predicted molar refractivity (Wildman–Crippen MR) is 123 cm³/mol. The molecule has 3 aromatic rings. The molecular formula is C25H29N3O3. The number of fused-ring (bicyclic) bond motifs is 1. The van der Waals surface area contributed by atoms with Crippen LogP contribution in [0.4, 0.5) is 10.5 Å². The van der Waals surface area contributed by atoms with E-state index in [0.29, 0.717) is 18.8 Å². The van der Waals surface area contributed by atoms with E-state index in [1.54, 1.807) is 11.1 Å². The van der Waals surface area contributed by atoms with Crippen LogP contribution < -0.4 is 5.32 Å². The Balaban J connectivity index is 1.74. The highest BCUT2D eigenvalue weighted by Crippen LogP contribution is 2.21. The SMILES string of the molecule is CCN(Cc1ccccc1NC(=O)Cc1cccc2cccnc12)C(=O)OC(C)(C)C. The van der Waals surface area contributed by atoms with Crippen LogP contribution in [-0.2, 0) is 22.5 Å². The van der Waals surface area contributed by atoms with E-state index < -0.39 is 5.60 Å². The fourth-order valence-corrected chi connectivity index (χ4v) is 3.30. The largest absolute Gasteiger partial charge is 0.444 e. The van der Waals surface area contributed by atoms with Gasteiger partial charge in [0, 0.05) is 23.8 Å². The Bertz CT molecular complexity index is 1070. The highest BCUT2D eigenvalue weighted by molar-refractivity contribution is 5.95. The quantitative estimate of drug-likeness (QED) is 0.598. The van der Waals surface area contributed by atoms with Gasteiger partial charge in [0.05, 0.1) is 18.5 Å². The summed E-state index contributed by atoms with van der Waals surface area (Å²) in [5.41, 5.74) is 2.67. The molecule has 1 heterocycles. The first-order chi connectivity index (χ1) is 14.8. The predicted octanol–water partition coefficient (Wildman–Crippen LogP) is 5.17. The maximum Gasteiger partial charge on any atom is 0.410 e. The van der Waals surface area contributed by atoms with Crippen molar-refractivity contribution in [2.24, 2.45) is 0 Å². The Morgan fingerprint density at radius 3 is 2.45 bits per heavy atom. The van der Waals surface area contributed by atoms with Gasteiger partial charge in [-0.15, -0.1) is 0 Å². The van der Waals surface area contributed by atoms with E-state index in [-0.39, 0.29) is 18.4 Å². The summed E-state index contributed by atoms with van der Waals surface area (Å²) in [7, 11) is 0. The molecule has 0 spiro atoms. The number of para-hydroxylation sites is 2. The molecule has 0 unspecified atom stereocenters. The summed E-state index contributed by atoms with van der Waals surface area (Å²) >= 11 is 0. The standard InChI is InChI=1S/C25H29N3O3/c1-5-28(24(30)31-25(2,3)4)17-20-10-6-7-14-21(20)27-22(29)16-19-12-8-11-18-13-9-15-26-23(18)19/h6-15H,5,16-17H2,1-4H3,(H,27,29). The second kappa shape index (κ2) is 9.60. The molecule has 0 radical (unpaired) electrons. The van der Waals surface area contributed by atoms with Gasteiger partial charge in [0.2, 0.25) is 5.91 Å². The van der Waals surface area contributed by atoms with Crippen LogP contribution in [0.5, 0.6) is 0 Å². The number of hydrogen-bond acceptors (Lipinski definition) is 4. The molecule has 2 amide bonds. The molecule has 3 rings (SSSR count). The molecule has 0 fully saturated rings. The Morgan fingerprint density at radius 2 is 1.71 bits per heavy atom. The molecule has 6 heteroatoms. The zero-order valence-corrected chi connectivity index (χ0v) is 18.5. The van der Waals surface area contributed by atoms with Crippen LogP contribution >= 0.6 is 0 Å². The lowest BCUT2D eigenvalue weighted by molar-refractivity contribution is -0.115. The smallest absolute Gasteiger partial charge is 0.410 e. The molecule has 31 heavy (non-hydrogen) atoms. The molecule has 0 aliphatic heterocycles. The summed E-state index contributed by atoms with van der Waals surface area (Å²) in [6, 6.07) is 17.2. The van der Waals surface area contributed by atoms with Crippen LogP contribution in [0.15, 0.2) is 60.8 Å². The van der Waals surface area contributed by atoms with Crippen molar-refractivity contribution in [1.82, 2.24) is 9.88 Å². The lowest BCUT2D eigenvalue weighted by atomic mass is 10.1. The van der Waals surface area contributed by atoms with Gasteiger partial charge in [0.15, 0.2) is 0 Å². The van der Waals surface area contributed by atoms with Crippen LogP contribution in [0.3, 0.4) is 0 Å². The van der Waals surface area contributed by atoms with Gasteiger partial charge in [-0.2, -0.15) is 0 Å². The van der Waals surface area contributed by atoms with Crippen molar-refractivity contribution in [3.63, 3.8) is 0 Å². The summed E-state index contributed by atoms with van der Waals surface area (Å²) in [5, 5.41) is 4.00. The van der Waals surface area contributed by atoms with E-state index in [4.69, 9.17) is 4.74 Å². The van der Waals surface area contributed by atoms with E-state index in [1.165, 1.54) is 0 Å². The van der Waals surface area contributed by atoms with Crippen LogP contribution in [0.2, 0.25) is 0 Å². The molecule has 0 bridgehead atoms. The van der Waals surface area contributed by atoms with Crippen molar-refractivity contribution in [2.75, 3.05) is 11.9 Å². The number of ether oxygens (including phenoxy) is 1. The van der Waals surface area contributed by atoms with Gasteiger partial charge in [-0.05, 0) is 51.0 Å². The number of aromatic nitrogens is 1. The van der Waals surface area contributed by atoms with Gasteiger partial charge in [0.1, 0.15) is 5.60 Å². The van der Waals surface area contributed by atoms with E-state index in [9.17, 15) is 9.59 Å². The zero-order chi connectivity index (χ0) is 22.4. The number of benzene rings is 2. The summed E-state index contributed by atoms with van der Waals surface area (Å²) in [6.45, 7) is 8.27. The number of carbonyl (C=O) groups excluding carboxylic acids is 2. The highest BCUT2D eigenvalue weighted by atomic mass is 16.6. The lowest BCUT2D eigenvalue weighted by Crippen LogP contribution is -2.36. The maximum atomic E-state index is 12.8. The minimum atomic E-state index is -0.565. The Kier molecular flexibility index (Phi) is 6.90. The molecule has 0 aliphatic carbocycles. The number of nitrogens with zero attached hydrogens (tertiary/aromatic N) is 2. The summed E-state index contributed by atoms with van der Waals surface area (Å²) in [4.78, 5) is 31.3. The van der Waals surface area contributed by atoms with Gasteiger partial charge < -0.3 is 15.0 Å². The zero-order valence-electron chi connectivity index (χ0n) is 18.5. The molecule has 0 atom stereocenters. The van der Waals surface area contributed by atoms with E-state index in [0.717, 1.165) is 22.0 Å². The van der Waals surface area contributed by atoms with Crippen molar-refractivity contribution in [3.8, 4) is 0 Å². The number of amides is 2. The maximum absolute atomic E-state index is 12.8. The van der Waals surface area contributed by atoms with Gasteiger partial charge in [-0.1, -0.05) is 42.5 Å². The molecule has 2 aromatic carbocycles. The first-order valence-electron chi connectivity index (χ1n) is 10.4. The molecule has 162 valence electrons. The number of nitrogens with one attached hydrogen (secondary N) is 1. The Hall–Kier alpha value is -3.41. The Labute approximate surface area is 183 Å². The number of hydrogen-bond donors (Lipinski definition) is 1. The molecule has 0 saturated heterocycles. The molecule has 6 nitrogen and oxygen atoms in total. The van der Waals surface area contributed by atoms with Crippen molar-refractivity contribution in [2.45, 2.75) is 46.3 Å². The number of pyridine rings is 1. The molecule has 1 N–H and O–H groups in total. The van der Waals surface area contributed by atoms with E-state index >= 15 is 0 Å². The highest BCUT2D eigenvalue weighted by Gasteiger charge is 2.22. The first-order valence-corrected chi connectivity index (χ1v) is 10.4.